The number of anilines is 3. The molecule has 1 aromatic carbocycles. The van der Waals surface area contributed by atoms with Crippen LogP contribution in [-0.4, -0.2) is 66.7 Å². The molecule has 38 heavy (non-hydrogen) atoms. The fourth-order valence-electron chi connectivity index (χ4n) is 3.83. The van der Waals surface area contributed by atoms with E-state index in [0.29, 0.717) is 11.0 Å². The smallest absolute Gasteiger partial charge is 0.380 e. The van der Waals surface area contributed by atoms with Crippen molar-refractivity contribution < 1.29 is 37.1 Å². The van der Waals surface area contributed by atoms with Crippen LogP contribution >= 0.6 is 0 Å². The van der Waals surface area contributed by atoms with Crippen molar-refractivity contribution in [2.45, 2.75) is 24.8 Å². The van der Waals surface area contributed by atoms with Crippen LogP contribution in [-0.2, 0) is 20.5 Å². The molecule has 0 saturated carbocycles. The van der Waals surface area contributed by atoms with E-state index in [1.165, 1.54) is 30.5 Å². The number of alkyl halides is 3. The van der Waals surface area contributed by atoms with Gasteiger partial charge in [-0.2, -0.15) is 13.2 Å². The zero-order valence-electron chi connectivity index (χ0n) is 19.5. The van der Waals surface area contributed by atoms with E-state index in [4.69, 9.17) is 15.0 Å². The van der Waals surface area contributed by atoms with Gasteiger partial charge < -0.3 is 25.4 Å². The van der Waals surface area contributed by atoms with E-state index in [2.05, 4.69) is 25.5 Å². The molecule has 1 aliphatic rings. The molecule has 5 rings (SSSR count). The van der Waals surface area contributed by atoms with Crippen molar-refractivity contribution in [3.05, 3.63) is 48.5 Å². The molecule has 2 atom stereocenters. The van der Waals surface area contributed by atoms with E-state index in [-0.39, 0.29) is 36.3 Å². The summed E-state index contributed by atoms with van der Waals surface area (Å²) in [7, 11) is 0. The zero-order chi connectivity index (χ0) is 27.2. The van der Waals surface area contributed by atoms with Crippen LogP contribution < -0.4 is 16.0 Å². The third-order valence-electron chi connectivity index (χ3n) is 5.80. The minimum Gasteiger partial charge on any atom is -0.380 e. The third kappa shape index (κ3) is 4.50. The van der Waals surface area contributed by atoms with E-state index in [1.54, 1.807) is 6.07 Å². The second-order valence-corrected chi connectivity index (χ2v) is 8.48. The number of aromatic nitrogens is 5. The topological polar surface area (TPSA) is 175 Å². The number of nitrogen functional groups attached to an aromatic ring is 1. The molecule has 2 amide bonds. The van der Waals surface area contributed by atoms with E-state index < -0.39 is 35.5 Å². The average Bonchev–Trinajstić information content (AvgIpc) is 3.51. The first kappa shape index (κ1) is 25.1. The van der Waals surface area contributed by atoms with E-state index in [0.717, 1.165) is 22.7 Å². The van der Waals surface area contributed by atoms with Crippen LogP contribution in [0.4, 0.5) is 30.5 Å². The minimum atomic E-state index is -4.75. The Kier molecular flexibility index (Phi) is 5.99. The maximum atomic E-state index is 13.2. The normalized spacial score (nSPS) is 18.0. The first-order valence-electron chi connectivity index (χ1n) is 11.0. The predicted octanol–water partition coefficient (Wildman–Crippen LogP) is 1.53. The monoisotopic (exact) mass is 532 g/mol. The van der Waals surface area contributed by atoms with Crippen molar-refractivity contribution in [3.63, 3.8) is 0 Å². The summed E-state index contributed by atoms with van der Waals surface area (Å²) in [5.74, 6) is -3.00. The van der Waals surface area contributed by atoms with Crippen molar-refractivity contribution in [1.29, 1.82) is 0 Å². The van der Waals surface area contributed by atoms with Crippen LogP contribution in [0.5, 0.6) is 0 Å². The molecule has 13 nitrogen and oxygen atoms in total. The number of nitrogens with zero attached hydrogens (tertiary/aromatic N) is 6. The number of aliphatic hydroxyl groups is 1. The number of benzene rings is 1. The number of rotatable bonds is 5. The lowest BCUT2D eigenvalue weighted by atomic mass is 9.95. The molecule has 16 heteroatoms. The molecule has 0 spiro atoms. The molecule has 198 valence electrons. The highest BCUT2D eigenvalue weighted by atomic mass is 19.4. The molecule has 0 aliphatic carbocycles. The number of fused-ring (bicyclic) bond motifs is 1. The second kappa shape index (κ2) is 9.07. The Balaban J connectivity index is 1.34. The molecule has 0 bridgehead atoms. The van der Waals surface area contributed by atoms with Gasteiger partial charge in [-0.15, -0.1) is 5.10 Å². The van der Waals surface area contributed by atoms with E-state index in [9.17, 15) is 27.9 Å². The third-order valence-corrected chi connectivity index (χ3v) is 5.80. The number of carbonyl (C=O) groups is 2. The summed E-state index contributed by atoms with van der Waals surface area (Å²) in [4.78, 5) is 34.0. The Hall–Kier alpha value is -4.57. The zero-order valence-corrected chi connectivity index (χ0v) is 19.5. The number of nitrogens with one attached hydrogen (secondary N) is 1. The van der Waals surface area contributed by atoms with Gasteiger partial charge in [-0.25, -0.2) is 14.6 Å². The lowest BCUT2D eigenvalue weighted by Gasteiger charge is -2.37. The number of morpholine rings is 1. The number of halogens is 3. The van der Waals surface area contributed by atoms with Gasteiger partial charge in [0.25, 0.3) is 11.8 Å². The van der Waals surface area contributed by atoms with E-state index >= 15 is 0 Å². The van der Waals surface area contributed by atoms with Crippen LogP contribution in [0.25, 0.3) is 16.8 Å². The van der Waals surface area contributed by atoms with Crippen LogP contribution in [0.15, 0.2) is 47.2 Å². The molecule has 3 aromatic heterocycles. The number of ether oxygens (including phenoxy) is 1. The Labute approximate surface area is 211 Å². The van der Waals surface area contributed by atoms with Gasteiger partial charge in [0, 0.05) is 36.3 Å². The highest BCUT2D eigenvalue weighted by molar-refractivity contribution is 6.06. The fourth-order valence-corrected chi connectivity index (χ4v) is 3.83. The van der Waals surface area contributed by atoms with Gasteiger partial charge in [-0.3, -0.25) is 14.5 Å². The summed E-state index contributed by atoms with van der Waals surface area (Å²) in [5, 5.41) is 21.8. The first-order valence-corrected chi connectivity index (χ1v) is 11.0. The van der Waals surface area contributed by atoms with Gasteiger partial charge in [-0.1, -0.05) is 5.16 Å². The summed E-state index contributed by atoms with van der Waals surface area (Å²) >= 11 is 0. The number of nitrogens with two attached hydrogens (primary N) is 1. The van der Waals surface area contributed by atoms with Crippen LogP contribution in [0.1, 0.15) is 12.7 Å². The van der Waals surface area contributed by atoms with Crippen molar-refractivity contribution in [2.24, 2.45) is 0 Å². The summed E-state index contributed by atoms with van der Waals surface area (Å²) in [6.07, 6.45) is -4.11. The Morgan fingerprint density at radius 1 is 1.24 bits per heavy atom. The number of carbonyl (C=O) groups excluding carboxylic acids is 2. The minimum absolute atomic E-state index is 0.0191. The first-order chi connectivity index (χ1) is 17.9. The second-order valence-electron chi connectivity index (χ2n) is 8.48. The van der Waals surface area contributed by atoms with Crippen molar-refractivity contribution >= 4 is 40.1 Å². The van der Waals surface area contributed by atoms with Gasteiger partial charge in [0.05, 0.1) is 18.5 Å². The number of hydrogen-bond acceptors (Lipinski definition) is 10. The van der Waals surface area contributed by atoms with Gasteiger partial charge in [-0.05, 0) is 19.1 Å². The standard InChI is InChI=1S/C22H19F3N8O5/c1-21(36,20(35)28-11-2-3-12-13(10-11)38-31-17(12)26)16-18(34)32(8-9-37-16)15-5-7-33(30-15)14-4-6-27-19(29-14)22(23,24)25/h2-7,10,16,36H,8-9H2,1H3,(H2,26,31)(H,28,35)/t16-,21+/m0/s1. The molecule has 1 saturated heterocycles. The largest absolute Gasteiger partial charge is 0.451 e. The van der Waals surface area contributed by atoms with Crippen LogP contribution in [0, 0.1) is 0 Å². The Bertz CT molecular complexity index is 1530. The lowest BCUT2D eigenvalue weighted by molar-refractivity contribution is -0.165. The Morgan fingerprint density at radius 3 is 2.79 bits per heavy atom. The maximum absolute atomic E-state index is 13.2. The molecule has 1 aliphatic heterocycles. The Morgan fingerprint density at radius 2 is 2.03 bits per heavy atom. The fraction of sp³-hybridized carbons (Fsp3) is 0.273. The molecule has 1 fully saturated rings. The summed E-state index contributed by atoms with van der Waals surface area (Å²) in [6.45, 7) is 1.09. The van der Waals surface area contributed by atoms with Gasteiger partial charge in [0.1, 0.15) is 0 Å². The number of hydrogen-bond donors (Lipinski definition) is 3. The molecule has 0 unspecified atom stereocenters. The highest BCUT2D eigenvalue weighted by Crippen LogP contribution is 2.28. The summed E-state index contributed by atoms with van der Waals surface area (Å²) in [5.41, 5.74) is 3.92. The molecule has 4 aromatic rings. The lowest BCUT2D eigenvalue weighted by Crippen LogP contribution is -2.61. The van der Waals surface area contributed by atoms with Crippen LogP contribution in [0.3, 0.4) is 0 Å². The van der Waals surface area contributed by atoms with Crippen LogP contribution in [0.2, 0.25) is 0 Å². The highest BCUT2D eigenvalue weighted by Gasteiger charge is 2.49. The van der Waals surface area contributed by atoms with Gasteiger partial charge >= 0.3 is 6.18 Å². The molecule has 0 radical (unpaired) electrons. The average molecular weight is 532 g/mol. The number of amides is 2. The maximum Gasteiger partial charge on any atom is 0.451 e. The quantitative estimate of drug-likeness (QED) is 0.342. The van der Waals surface area contributed by atoms with Gasteiger partial charge in [0.2, 0.25) is 5.82 Å². The SMILES string of the molecule is C[C@](O)(C(=O)Nc1ccc2c(N)noc2c1)[C@H]1OCCN(c2ccn(-c3ccnc(C(F)(F)F)n3)n2)C1=O. The molecule has 4 heterocycles. The van der Waals surface area contributed by atoms with Crippen molar-refractivity contribution in [3.8, 4) is 5.82 Å². The van der Waals surface area contributed by atoms with Crippen molar-refractivity contribution in [2.75, 3.05) is 29.1 Å². The molecular weight excluding hydrogens is 513 g/mol. The van der Waals surface area contributed by atoms with E-state index in [1.807, 2.05) is 0 Å². The summed E-state index contributed by atoms with van der Waals surface area (Å²) < 4.78 is 50.5. The van der Waals surface area contributed by atoms with Gasteiger partial charge in [0.15, 0.2) is 34.7 Å². The molecule has 4 N–H and O–H groups in total. The summed E-state index contributed by atoms with van der Waals surface area (Å²) in [6, 6.07) is 7.13. The predicted molar refractivity (Wildman–Crippen MR) is 124 cm³/mol. The van der Waals surface area contributed by atoms with Crippen molar-refractivity contribution in [1.82, 2.24) is 24.9 Å². The molecular formula is C22H19F3N8O5.